The Morgan fingerprint density at radius 2 is 2.19 bits per heavy atom. The summed E-state index contributed by atoms with van der Waals surface area (Å²) in [7, 11) is 4.14. The molecule has 1 aliphatic rings. The van der Waals surface area contributed by atoms with Gasteiger partial charge in [-0.3, -0.25) is 0 Å². The van der Waals surface area contributed by atoms with Gasteiger partial charge in [-0.25, -0.2) is 0 Å². The van der Waals surface area contributed by atoms with E-state index in [2.05, 4.69) is 30.0 Å². The van der Waals surface area contributed by atoms with E-state index in [1.165, 1.54) is 10.6 Å². The molecule has 1 aliphatic heterocycles. The molecule has 1 atom stereocenters. The third-order valence-electron chi connectivity index (χ3n) is 2.64. The molecule has 1 unspecified atom stereocenters. The highest BCUT2D eigenvalue weighted by Crippen LogP contribution is 2.41. The summed E-state index contributed by atoms with van der Waals surface area (Å²) < 4.78 is 0. The van der Waals surface area contributed by atoms with Crippen LogP contribution in [0.1, 0.15) is 0 Å². The fourth-order valence-electron chi connectivity index (χ4n) is 1.75. The number of nitrogens with zero attached hydrogens (tertiary/aromatic N) is 2. The maximum absolute atomic E-state index is 6.10. The van der Waals surface area contributed by atoms with E-state index in [9.17, 15) is 0 Å². The maximum atomic E-state index is 6.10. The molecule has 5 heteroatoms. The summed E-state index contributed by atoms with van der Waals surface area (Å²) in [4.78, 5) is 5.57. The molecule has 16 heavy (non-hydrogen) atoms. The standard InChI is InChI=1S/C11H18N4S/c1-14(2)5-6-15-9-4-3-8(12)7-10(9)16-11(15)13/h3-4,7,11H,5-6,12-13H2,1-2H3. The first kappa shape index (κ1) is 11.6. The minimum absolute atomic E-state index is 0.0109. The first-order valence-corrected chi connectivity index (χ1v) is 6.19. The molecule has 0 spiro atoms. The smallest absolute Gasteiger partial charge is 0.130 e. The van der Waals surface area contributed by atoms with Crippen molar-refractivity contribution in [2.75, 3.05) is 37.8 Å². The van der Waals surface area contributed by atoms with E-state index in [4.69, 9.17) is 11.5 Å². The predicted molar refractivity (Wildman–Crippen MR) is 70.6 cm³/mol. The van der Waals surface area contributed by atoms with Crippen LogP contribution >= 0.6 is 11.8 Å². The van der Waals surface area contributed by atoms with Crippen LogP contribution in [-0.2, 0) is 0 Å². The van der Waals surface area contributed by atoms with Crippen molar-refractivity contribution in [2.24, 2.45) is 5.73 Å². The summed E-state index contributed by atoms with van der Waals surface area (Å²) in [5, 5.41) is 0. The van der Waals surface area contributed by atoms with Gasteiger partial charge >= 0.3 is 0 Å². The van der Waals surface area contributed by atoms with Crippen LogP contribution in [0.5, 0.6) is 0 Å². The van der Waals surface area contributed by atoms with Gasteiger partial charge in [0.15, 0.2) is 0 Å². The fourth-order valence-corrected chi connectivity index (χ4v) is 2.87. The normalized spacial score (nSPS) is 19.2. The van der Waals surface area contributed by atoms with E-state index in [0.717, 1.165) is 18.8 Å². The summed E-state index contributed by atoms with van der Waals surface area (Å²) in [6.07, 6.45) is 0. The highest BCUT2D eigenvalue weighted by Gasteiger charge is 2.26. The van der Waals surface area contributed by atoms with E-state index >= 15 is 0 Å². The second-order valence-electron chi connectivity index (χ2n) is 4.23. The monoisotopic (exact) mass is 238 g/mol. The highest BCUT2D eigenvalue weighted by atomic mass is 32.2. The summed E-state index contributed by atoms with van der Waals surface area (Å²) in [6, 6.07) is 5.98. The van der Waals surface area contributed by atoms with Crippen LogP contribution in [0.15, 0.2) is 23.1 Å². The number of rotatable bonds is 3. The lowest BCUT2D eigenvalue weighted by atomic mass is 10.2. The van der Waals surface area contributed by atoms with Gasteiger partial charge in [-0.1, -0.05) is 11.8 Å². The van der Waals surface area contributed by atoms with Gasteiger partial charge in [-0.2, -0.15) is 0 Å². The lowest BCUT2D eigenvalue weighted by Gasteiger charge is -2.25. The molecule has 0 radical (unpaired) electrons. The lowest BCUT2D eigenvalue weighted by Crippen LogP contribution is -2.40. The molecule has 4 nitrogen and oxygen atoms in total. The zero-order valence-electron chi connectivity index (χ0n) is 9.68. The van der Waals surface area contributed by atoms with E-state index < -0.39 is 0 Å². The number of hydrogen-bond donors (Lipinski definition) is 2. The topological polar surface area (TPSA) is 58.5 Å². The number of benzene rings is 1. The van der Waals surface area contributed by atoms with Crippen LogP contribution < -0.4 is 16.4 Å². The average Bonchev–Trinajstić information content (AvgIpc) is 2.50. The zero-order valence-corrected chi connectivity index (χ0v) is 10.5. The molecule has 0 amide bonds. The number of thioether (sulfide) groups is 1. The van der Waals surface area contributed by atoms with Crippen molar-refractivity contribution >= 4 is 23.1 Å². The molecule has 0 fully saturated rings. The molecule has 1 aromatic carbocycles. The van der Waals surface area contributed by atoms with E-state index in [0.29, 0.717) is 0 Å². The molecular weight excluding hydrogens is 220 g/mol. The quantitative estimate of drug-likeness (QED) is 0.769. The Morgan fingerprint density at radius 3 is 2.88 bits per heavy atom. The van der Waals surface area contributed by atoms with Crippen molar-refractivity contribution < 1.29 is 0 Å². The van der Waals surface area contributed by atoms with Gasteiger partial charge in [-0.05, 0) is 32.3 Å². The van der Waals surface area contributed by atoms with Crippen LogP contribution in [0, 0.1) is 0 Å². The Hall–Kier alpha value is -0.910. The summed E-state index contributed by atoms with van der Waals surface area (Å²) in [6.45, 7) is 1.94. The van der Waals surface area contributed by atoms with Gasteiger partial charge in [0.2, 0.25) is 0 Å². The van der Waals surface area contributed by atoms with Crippen LogP contribution in [0.4, 0.5) is 11.4 Å². The summed E-state index contributed by atoms with van der Waals surface area (Å²) in [5.41, 5.74) is 13.9. The molecule has 4 N–H and O–H groups in total. The van der Waals surface area contributed by atoms with Crippen LogP contribution in [0.2, 0.25) is 0 Å². The Morgan fingerprint density at radius 1 is 1.44 bits per heavy atom. The molecule has 1 aromatic rings. The minimum Gasteiger partial charge on any atom is -0.399 e. The van der Waals surface area contributed by atoms with Crippen LogP contribution in [0.25, 0.3) is 0 Å². The van der Waals surface area contributed by atoms with Crippen molar-refractivity contribution in [3.05, 3.63) is 18.2 Å². The molecule has 0 saturated heterocycles. The highest BCUT2D eigenvalue weighted by molar-refractivity contribution is 8.00. The Labute approximate surface area is 101 Å². The number of anilines is 2. The summed E-state index contributed by atoms with van der Waals surface area (Å²) in [5.74, 6) is 0. The number of fused-ring (bicyclic) bond motifs is 1. The SMILES string of the molecule is CN(C)CCN1c2ccc(N)cc2SC1N. The fraction of sp³-hybridized carbons (Fsp3) is 0.455. The lowest BCUT2D eigenvalue weighted by molar-refractivity contribution is 0.412. The molecule has 0 saturated carbocycles. The van der Waals surface area contributed by atoms with Crippen molar-refractivity contribution in [3.8, 4) is 0 Å². The van der Waals surface area contributed by atoms with Crippen molar-refractivity contribution in [1.29, 1.82) is 0 Å². The third kappa shape index (κ3) is 2.26. The maximum Gasteiger partial charge on any atom is 0.130 e. The number of hydrogen-bond acceptors (Lipinski definition) is 5. The van der Waals surface area contributed by atoms with E-state index in [1.54, 1.807) is 11.8 Å². The van der Waals surface area contributed by atoms with Crippen molar-refractivity contribution in [2.45, 2.75) is 10.4 Å². The van der Waals surface area contributed by atoms with Crippen LogP contribution in [0.3, 0.4) is 0 Å². The Bertz CT molecular complexity index is 380. The molecule has 0 aromatic heterocycles. The molecule has 88 valence electrons. The number of likely N-dealkylation sites (N-methyl/N-ethyl adjacent to an activating group) is 1. The van der Waals surface area contributed by atoms with Gasteiger partial charge in [0.1, 0.15) is 5.50 Å². The molecular formula is C11H18N4S. The molecule has 0 bridgehead atoms. The number of nitrogen functional groups attached to an aromatic ring is 1. The first-order valence-electron chi connectivity index (χ1n) is 5.31. The van der Waals surface area contributed by atoms with Gasteiger partial charge < -0.3 is 21.3 Å². The number of nitrogens with two attached hydrogens (primary N) is 2. The third-order valence-corrected chi connectivity index (χ3v) is 3.71. The van der Waals surface area contributed by atoms with Gasteiger partial charge in [-0.15, -0.1) is 0 Å². The van der Waals surface area contributed by atoms with Gasteiger partial charge in [0.05, 0.1) is 5.69 Å². The predicted octanol–water partition coefficient (Wildman–Crippen LogP) is 0.985. The first-order chi connectivity index (χ1) is 7.58. The van der Waals surface area contributed by atoms with E-state index in [-0.39, 0.29) is 5.50 Å². The van der Waals surface area contributed by atoms with Crippen LogP contribution in [-0.4, -0.2) is 37.6 Å². The Kier molecular flexibility index (Phi) is 3.28. The van der Waals surface area contributed by atoms with Gasteiger partial charge in [0, 0.05) is 23.7 Å². The van der Waals surface area contributed by atoms with E-state index in [1.807, 2.05) is 12.1 Å². The average molecular weight is 238 g/mol. The zero-order chi connectivity index (χ0) is 11.7. The largest absolute Gasteiger partial charge is 0.399 e. The second kappa shape index (κ2) is 4.53. The van der Waals surface area contributed by atoms with Crippen molar-refractivity contribution in [1.82, 2.24) is 4.90 Å². The Balaban J connectivity index is 2.16. The van der Waals surface area contributed by atoms with Gasteiger partial charge in [0.25, 0.3) is 0 Å². The van der Waals surface area contributed by atoms with Crippen molar-refractivity contribution in [3.63, 3.8) is 0 Å². The molecule has 0 aliphatic carbocycles. The second-order valence-corrected chi connectivity index (χ2v) is 5.39. The molecule has 1 heterocycles. The summed E-state index contributed by atoms with van der Waals surface area (Å²) >= 11 is 1.67. The minimum atomic E-state index is 0.0109. The molecule has 2 rings (SSSR count).